The van der Waals surface area contributed by atoms with Crippen LogP contribution >= 0.6 is 27.5 Å². The number of nitrogens with zero attached hydrogens (tertiary/aromatic N) is 1. The molecule has 1 N–H and O–H groups in total. The lowest BCUT2D eigenvalue weighted by Gasteiger charge is -2.26. The summed E-state index contributed by atoms with van der Waals surface area (Å²) in [7, 11) is 0. The molecule has 0 aliphatic carbocycles. The third kappa shape index (κ3) is 4.52. The van der Waals surface area contributed by atoms with E-state index in [2.05, 4.69) is 21.2 Å². The lowest BCUT2D eigenvalue weighted by atomic mass is 10.1. The summed E-state index contributed by atoms with van der Waals surface area (Å²) in [4.78, 5) is 38.7. The molecule has 1 aliphatic rings. The Kier molecular flexibility index (Phi) is 6.10. The van der Waals surface area contributed by atoms with Crippen molar-refractivity contribution in [1.82, 2.24) is 5.32 Å². The van der Waals surface area contributed by atoms with Crippen LogP contribution in [0.1, 0.15) is 25.0 Å². The van der Waals surface area contributed by atoms with E-state index in [1.807, 2.05) is 20.8 Å². The van der Waals surface area contributed by atoms with Gasteiger partial charge in [-0.3, -0.25) is 14.9 Å². The lowest BCUT2D eigenvalue weighted by Crippen LogP contribution is -2.54. The fourth-order valence-corrected chi connectivity index (χ4v) is 3.32. The highest BCUT2D eigenvalue weighted by Crippen LogP contribution is 2.30. The number of amides is 4. The van der Waals surface area contributed by atoms with Crippen molar-refractivity contribution in [2.24, 2.45) is 0 Å². The van der Waals surface area contributed by atoms with Gasteiger partial charge in [-0.1, -0.05) is 33.6 Å². The van der Waals surface area contributed by atoms with Crippen LogP contribution in [0.2, 0.25) is 5.02 Å². The van der Waals surface area contributed by atoms with Gasteiger partial charge >= 0.3 is 6.03 Å². The topological polar surface area (TPSA) is 75.7 Å². The third-order valence-corrected chi connectivity index (χ3v) is 5.05. The summed E-state index contributed by atoms with van der Waals surface area (Å²) in [5.41, 5.74) is 1.42. The fraction of sp³-hybridized carbons (Fsp3) is 0.190. The number of barbiturate groups is 1. The highest BCUT2D eigenvalue weighted by molar-refractivity contribution is 9.10. The summed E-state index contributed by atoms with van der Waals surface area (Å²) in [5, 5.41) is 2.61. The van der Waals surface area contributed by atoms with Crippen molar-refractivity contribution in [3.05, 3.63) is 62.6 Å². The van der Waals surface area contributed by atoms with E-state index in [0.29, 0.717) is 16.3 Å². The number of benzene rings is 2. The Morgan fingerprint density at radius 2 is 1.86 bits per heavy atom. The molecule has 1 heterocycles. The minimum Gasteiger partial charge on any atom is -0.490 e. The minimum absolute atomic E-state index is 0.100. The number of rotatable bonds is 4. The van der Waals surface area contributed by atoms with Crippen LogP contribution < -0.4 is 15.0 Å². The fourth-order valence-electron chi connectivity index (χ4n) is 2.76. The Morgan fingerprint density at radius 1 is 1.14 bits per heavy atom. The first kappa shape index (κ1) is 21.1. The molecule has 150 valence electrons. The largest absolute Gasteiger partial charge is 0.490 e. The van der Waals surface area contributed by atoms with E-state index in [0.717, 1.165) is 14.9 Å². The Morgan fingerprint density at radius 3 is 2.52 bits per heavy atom. The van der Waals surface area contributed by atoms with Gasteiger partial charge in [-0.15, -0.1) is 0 Å². The van der Waals surface area contributed by atoms with Crippen LogP contribution in [0.3, 0.4) is 0 Å². The number of hydrogen-bond acceptors (Lipinski definition) is 4. The van der Waals surface area contributed by atoms with Crippen LogP contribution in [0.4, 0.5) is 10.5 Å². The summed E-state index contributed by atoms with van der Waals surface area (Å²) >= 11 is 9.52. The Labute approximate surface area is 181 Å². The van der Waals surface area contributed by atoms with Crippen LogP contribution in [0.5, 0.6) is 5.75 Å². The van der Waals surface area contributed by atoms with E-state index in [1.165, 1.54) is 12.1 Å². The van der Waals surface area contributed by atoms with Gasteiger partial charge in [0.1, 0.15) is 11.3 Å². The molecule has 2 aromatic rings. The van der Waals surface area contributed by atoms with E-state index in [1.54, 1.807) is 30.3 Å². The smallest absolute Gasteiger partial charge is 0.335 e. The number of carbonyl (C=O) groups is 3. The van der Waals surface area contributed by atoms with Crippen molar-refractivity contribution >= 4 is 57.1 Å². The lowest BCUT2D eigenvalue weighted by molar-refractivity contribution is -0.122. The molecular weight excluding hydrogens is 460 g/mol. The van der Waals surface area contributed by atoms with Gasteiger partial charge in [0.15, 0.2) is 0 Å². The molecule has 3 rings (SSSR count). The molecular formula is C21H18BrClN2O4. The Balaban J connectivity index is 2.06. The Hall–Kier alpha value is -2.64. The van der Waals surface area contributed by atoms with Crippen LogP contribution in [-0.4, -0.2) is 23.9 Å². The predicted molar refractivity (Wildman–Crippen MR) is 115 cm³/mol. The minimum atomic E-state index is -0.829. The number of halogens is 2. The van der Waals surface area contributed by atoms with Gasteiger partial charge in [-0.2, -0.15) is 0 Å². The molecule has 8 heteroatoms. The monoisotopic (exact) mass is 476 g/mol. The summed E-state index contributed by atoms with van der Waals surface area (Å²) in [6, 6.07) is 9.24. The average molecular weight is 478 g/mol. The van der Waals surface area contributed by atoms with Gasteiger partial charge < -0.3 is 4.74 Å². The zero-order chi connectivity index (χ0) is 21.3. The maximum Gasteiger partial charge on any atom is 0.335 e. The predicted octanol–water partition coefficient (Wildman–Crippen LogP) is 4.86. The molecule has 1 aliphatic heterocycles. The molecule has 6 nitrogen and oxygen atoms in total. The first-order chi connectivity index (χ1) is 13.7. The van der Waals surface area contributed by atoms with E-state index in [-0.39, 0.29) is 17.4 Å². The normalized spacial score (nSPS) is 15.9. The molecule has 1 saturated heterocycles. The average Bonchev–Trinajstić information content (AvgIpc) is 2.63. The van der Waals surface area contributed by atoms with Crippen LogP contribution in [0.25, 0.3) is 6.08 Å². The molecule has 0 atom stereocenters. The summed E-state index contributed by atoms with van der Waals surface area (Å²) in [6.45, 7) is 5.56. The van der Waals surface area contributed by atoms with Crippen LogP contribution in [-0.2, 0) is 9.59 Å². The molecule has 0 spiro atoms. The first-order valence-electron chi connectivity index (χ1n) is 8.81. The first-order valence-corrected chi connectivity index (χ1v) is 9.98. The van der Waals surface area contributed by atoms with Crippen molar-refractivity contribution in [2.45, 2.75) is 26.9 Å². The zero-order valence-corrected chi connectivity index (χ0v) is 18.3. The molecule has 2 aromatic carbocycles. The number of nitrogens with one attached hydrogen (secondary N) is 1. The zero-order valence-electron chi connectivity index (χ0n) is 16.0. The van der Waals surface area contributed by atoms with E-state index >= 15 is 0 Å². The summed E-state index contributed by atoms with van der Waals surface area (Å²) in [6.07, 6.45) is 1.31. The van der Waals surface area contributed by atoms with E-state index in [4.69, 9.17) is 16.3 Å². The van der Waals surface area contributed by atoms with Gasteiger partial charge in [0.2, 0.25) is 0 Å². The number of carbonyl (C=O) groups excluding carboxylic acids is 3. The number of aryl methyl sites for hydroxylation is 1. The molecule has 0 bridgehead atoms. The third-order valence-electron chi connectivity index (χ3n) is 4.15. The molecule has 0 radical (unpaired) electrons. The van der Waals surface area contributed by atoms with Crippen molar-refractivity contribution in [3.63, 3.8) is 0 Å². The number of ether oxygens (including phenoxy) is 1. The second-order valence-electron chi connectivity index (χ2n) is 6.74. The van der Waals surface area contributed by atoms with Crippen LogP contribution in [0, 0.1) is 6.92 Å². The van der Waals surface area contributed by atoms with Gasteiger partial charge in [-0.25, -0.2) is 9.69 Å². The molecule has 0 aromatic heterocycles. The second kappa shape index (κ2) is 8.39. The van der Waals surface area contributed by atoms with Crippen LogP contribution in [0.15, 0.2) is 46.4 Å². The quantitative estimate of drug-likeness (QED) is 0.504. The number of hydrogen-bond donors (Lipinski definition) is 1. The van der Waals surface area contributed by atoms with Gasteiger partial charge in [0.05, 0.1) is 11.8 Å². The molecule has 29 heavy (non-hydrogen) atoms. The number of anilines is 1. The summed E-state index contributed by atoms with van der Waals surface area (Å²) in [5.74, 6) is -1.00. The SMILES string of the molecule is Cc1ccc(N2C(=O)NC(=O)/C(=C\c3cc(Br)ccc3OC(C)C)C2=O)cc1Cl. The molecule has 0 saturated carbocycles. The van der Waals surface area contributed by atoms with E-state index in [9.17, 15) is 14.4 Å². The standard InChI is InChI=1S/C21H18BrClN2O4/c1-11(2)29-18-7-5-14(22)8-13(18)9-16-19(26)24-21(28)25(20(16)27)15-6-4-12(3)17(23)10-15/h4-11H,1-3H3,(H,24,26,28)/b16-9+. The highest BCUT2D eigenvalue weighted by Gasteiger charge is 2.37. The molecule has 1 fully saturated rings. The second-order valence-corrected chi connectivity index (χ2v) is 8.06. The summed E-state index contributed by atoms with van der Waals surface area (Å²) < 4.78 is 6.52. The van der Waals surface area contributed by atoms with Crippen molar-refractivity contribution in [2.75, 3.05) is 4.90 Å². The van der Waals surface area contributed by atoms with Gasteiger partial charge in [0, 0.05) is 15.1 Å². The number of imide groups is 2. The van der Waals surface area contributed by atoms with Crippen molar-refractivity contribution < 1.29 is 19.1 Å². The molecule has 4 amide bonds. The van der Waals surface area contributed by atoms with Crippen molar-refractivity contribution in [1.29, 1.82) is 0 Å². The maximum absolute atomic E-state index is 13.0. The Bertz CT molecular complexity index is 1050. The molecule has 0 unspecified atom stereocenters. The van der Waals surface area contributed by atoms with Gasteiger partial charge in [-0.05, 0) is 62.7 Å². The van der Waals surface area contributed by atoms with Crippen molar-refractivity contribution in [3.8, 4) is 5.75 Å². The van der Waals surface area contributed by atoms with E-state index < -0.39 is 17.8 Å². The van der Waals surface area contributed by atoms with Gasteiger partial charge in [0.25, 0.3) is 11.8 Å². The maximum atomic E-state index is 13.0. The number of urea groups is 1. The highest BCUT2D eigenvalue weighted by atomic mass is 79.9.